The van der Waals surface area contributed by atoms with Crippen LogP contribution in [0.3, 0.4) is 0 Å². The lowest BCUT2D eigenvalue weighted by Crippen LogP contribution is -2.13. The van der Waals surface area contributed by atoms with Gasteiger partial charge >= 0.3 is 0 Å². The zero-order chi connectivity index (χ0) is 14.0. The summed E-state index contributed by atoms with van der Waals surface area (Å²) in [6.45, 7) is 0. The monoisotopic (exact) mass is 345 g/mol. The van der Waals surface area contributed by atoms with Crippen molar-refractivity contribution in [3.05, 3.63) is 63.1 Å². The Morgan fingerprint density at radius 2 is 1.95 bits per heavy atom. The number of benzene rings is 2. The summed E-state index contributed by atoms with van der Waals surface area (Å²) in [5, 5.41) is 2.29. The molecule has 0 heterocycles. The first-order valence-corrected chi connectivity index (χ1v) is 6.36. The summed E-state index contributed by atoms with van der Waals surface area (Å²) in [6.07, 6.45) is 0. The average Bonchev–Trinajstić information content (AvgIpc) is 2.38. The van der Waals surface area contributed by atoms with Crippen molar-refractivity contribution in [1.82, 2.24) is 0 Å². The van der Waals surface area contributed by atoms with Crippen LogP contribution in [0.1, 0.15) is 10.4 Å². The summed E-state index contributed by atoms with van der Waals surface area (Å²) in [5.74, 6) is -1.74. The number of nitrogens with one attached hydrogen (secondary N) is 1. The number of amides is 1. The van der Waals surface area contributed by atoms with E-state index in [-0.39, 0.29) is 20.7 Å². The molecule has 0 aliphatic rings. The van der Waals surface area contributed by atoms with Gasteiger partial charge < -0.3 is 5.32 Å². The van der Waals surface area contributed by atoms with E-state index >= 15 is 0 Å². The van der Waals surface area contributed by atoms with Crippen molar-refractivity contribution in [2.75, 3.05) is 5.32 Å². The maximum atomic E-state index is 13.6. The fraction of sp³-hybridized carbons (Fsp3) is 0. The lowest BCUT2D eigenvalue weighted by molar-refractivity contribution is 0.102. The maximum Gasteiger partial charge on any atom is 0.255 e. The third-order valence-electron chi connectivity index (χ3n) is 2.38. The Kier molecular flexibility index (Phi) is 4.17. The van der Waals surface area contributed by atoms with Gasteiger partial charge in [0.1, 0.15) is 5.82 Å². The lowest BCUT2D eigenvalue weighted by atomic mass is 10.2. The minimum Gasteiger partial charge on any atom is -0.319 e. The predicted molar refractivity (Wildman–Crippen MR) is 73.5 cm³/mol. The van der Waals surface area contributed by atoms with Gasteiger partial charge in [-0.05, 0) is 46.3 Å². The van der Waals surface area contributed by atoms with Crippen LogP contribution in [0, 0.1) is 11.6 Å². The van der Waals surface area contributed by atoms with Gasteiger partial charge in [0.05, 0.1) is 15.2 Å². The van der Waals surface area contributed by atoms with Gasteiger partial charge in [-0.2, -0.15) is 0 Å². The Balaban J connectivity index is 2.26. The van der Waals surface area contributed by atoms with Crippen molar-refractivity contribution in [3.63, 3.8) is 0 Å². The smallest absolute Gasteiger partial charge is 0.255 e. The molecule has 2 nitrogen and oxygen atoms in total. The number of halogens is 4. The third kappa shape index (κ3) is 3.11. The Labute approximate surface area is 121 Å². The minimum absolute atomic E-state index is 0.0297. The second kappa shape index (κ2) is 5.67. The highest BCUT2D eigenvalue weighted by Gasteiger charge is 2.12. The first kappa shape index (κ1) is 14.0. The van der Waals surface area contributed by atoms with Crippen molar-refractivity contribution >= 4 is 39.1 Å². The van der Waals surface area contributed by atoms with Gasteiger partial charge in [0.15, 0.2) is 5.82 Å². The summed E-state index contributed by atoms with van der Waals surface area (Å²) in [7, 11) is 0. The molecule has 0 aliphatic carbocycles. The fourth-order valence-corrected chi connectivity index (χ4v) is 1.99. The molecule has 0 aliphatic heterocycles. The minimum atomic E-state index is -0.710. The fourth-order valence-electron chi connectivity index (χ4n) is 1.43. The topological polar surface area (TPSA) is 29.1 Å². The number of carbonyl (C=O) groups is 1. The maximum absolute atomic E-state index is 13.6. The van der Waals surface area contributed by atoms with E-state index in [1.807, 2.05) is 0 Å². The third-order valence-corrected chi connectivity index (χ3v) is 3.28. The van der Waals surface area contributed by atoms with E-state index in [1.54, 1.807) is 0 Å². The van der Waals surface area contributed by atoms with E-state index in [4.69, 9.17) is 11.6 Å². The molecule has 2 aromatic rings. The van der Waals surface area contributed by atoms with Crippen LogP contribution in [0.2, 0.25) is 5.02 Å². The van der Waals surface area contributed by atoms with Gasteiger partial charge in [0, 0.05) is 5.56 Å². The highest BCUT2D eigenvalue weighted by molar-refractivity contribution is 9.10. The highest BCUT2D eigenvalue weighted by Crippen LogP contribution is 2.23. The molecule has 0 radical (unpaired) electrons. The average molecular weight is 347 g/mol. The molecular weight excluding hydrogens is 340 g/mol. The van der Waals surface area contributed by atoms with Crippen molar-refractivity contribution in [2.24, 2.45) is 0 Å². The van der Waals surface area contributed by atoms with Crippen molar-refractivity contribution in [2.45, 2.75) is 0 Å². The zero-order valence-corrected chi connectivity index (χ0v) is 11.7. The van der Waals surface area contributed by atoms with Gasteiger partial charge in [-0.15, -0.1) is 0 Å². The van der Waals surface area contributed by atoms with Crippen LogP contribution in [-0.4, -0.2) is 5.91 Å². The lowest BCUT2D eigenvalue weighted by Gasteiger charge is -2.07. The molecule has 0 saturated carbocycles. The Bertz CT molecular complexity index is 649. The van der Waals surface area contributed by atoms with Gasteiger partial charge in [0.2, 0.25) is 0 Å². The van der Waals surface area contributed by atoms with Crippen LogP contribution in [0.25, 0.3) is 0 Å². The molecule has 0 unspecified atom stereocenters. The molecule has 1 N–H and O–H groups in total. The molecule has 0 aromatic heterocycles. The Morgan fingerprint density at radius 3 is 2.63 bits per heavy atom. The molecule has 0 atom stereocenters. The largest absolute Gasteiger partial charge is 0.319 e. The van der Waals surface area contributed by atoms with Crippen LogP contribution in [0.4, 0.5) is 14.5 Å². The number of rotatable bonds is 2. The van der Waals surface area contributed by atoms with Crippen molar-refractivity contribution < 1.29 is 13.6 Å². The van der Waals surface area contributed by atoms with Gasteiger partial charge in [0.25, 0.3) is 5.91 Å². The number of hydrogen-bond acceptors (Lipinski definition) is 1. The van der Waals surface area contributed by atoms with E-state index in [0.29, 0.717) is 0 Å². The van der Waals surface area contributed by atoms with Crippen LogP contribution >= 0.6 is 27.5 Å². The number of anilines is 1. The summed E-state index contributed by atoms with van der Waals surface area (Å²) < 4.78 is 26.8. The quantitative estimate of drug-likeness (QED) is 0.844. The highest BCUT2D eigenvalue weighted by atomic mass is 79.9. The van der Waals surface area contributed by atoms with Crippen molar-refractivity contribution in [1.29, 1.82) is 0 Å². The second-order valence-corrected chi connectivity index (χ2v) is 4.95. The van der Waals surface area contributed by atoms with E-state index in [0.717, 1.165) is 6.07 Å². The van der Waals surface area contributed by atoms with Crippen LogP contribution in [0.15, 0.2) is 40.9 Å². The van der Waals surface area contributed by atoms with Gasteiger partial charge in [-0.3, -0.25) is 4.79 Å². The summed E-state index contributed by atoms with van der Waals surface area (Å²) in [6, 6.07) is 8.04. The number of hydrogen-bond donors (Lipinski definition) is 1. The molecular formula is C13H7BrClF2NO. The molecule has 0 saturated heterocycles. The normalized spacial score (nSPS) is 10.3. The molecule has 0 fully saturated rings. The predicted octanol–water partition coefficient (Wildman–Crippen LogP) is 4.63. The molecule has 2 rings (SSSR count). The molecule has 6 heteroatoms. The van der Waals surface area contributed by atoms with E-state index in [2.05, 4.69) is 21.2 Å². The SMILES string of the molecule is O=C(Nc1cccc(Cl)c1F)c1ccc(F)c(Br)c1. The zero-order valence-electron chi connectivity index (χ0n) is 9.38. The molecule has 19 heavy (non-hydrogen) atoms. The summed E-state index contributed by atoms with van der Waals surface area (Å²) in [4.78, 5) is 11.9. The molecule has 0 bridgehead atoms. The Morgan fingerprint density at radius 1 is 1.21 bits per heavy atom. The van der Waals surface area contributed by atoms with Gasteiger partial charge in [-0.1, -0.05) is 17.7 Å². The van der Waals surface area contributed by atoms with E-state index in [1.165, 1.54) is 30.3 Å². The van der Waals surface area contributed by atoms with E-state index in [9.17, 15) is 13.6 Å². The molecule has 98 valence electrons. The standard InChI is InChI=1S/C13H7BrClF2NO/c14-8-6-7(4-5-10(8)16)13(19)18-11-3-1-2-9(15)12(11)17/h1-6H,(H,18,19). The van der Waals surface area contributed by atoms with Crippen LogP contribution in [0.5, 0.6) is 0 Å². The first-order valence-electron chi connectivity index (χ1n) is 5.19. The number of carbonyl (C=O) groups excluding carboxylic acids is 1. The van der Waals surface area contributed by atoms with Crippen molar-refractivity contribution in [3.8, 4) is 0 Å². The van der Waals surface area contributed by atoms with E-state index < -0.39 is 17.5 Å². The van der Waals surface area contributed by atoms with Crippen LogP contribution in [-0.2, 0) is 0 Å². The summed E-state index contributed by atoms with van der Waals surface area (Å²) >= 11 is 8.58. The molecule has 1 amide bonds. The first-order chi connectivity index (χ1) is 8.99. The molecule has 2 aromatic carbocycles. The molecule has 0 spiro atoms. The Hall–Kier alpha value is -1.46. The second-order valence-electron chi connectivity index (χ2n) is 3.68. The van der Waals surface area contributed by atoms with Gasteiger partial charge in [-0.25, -0.2) is 8.78 Å². The summed E-state index contributed by atoms with van der Waals surface area (Å²) in [5.41, 5.74) is 0.172. The van der Waals surface area contributed by atoms with Crippen LogP contribution < -0.4 is 5.32 Å².